The lowest BCUT2D eigenvalue weighted by molar-refractivity contribution is 0.0604. The lowest BCUT2D eigenvalue weighted by atomic mass is 10.1. The molecule has 1 atom stereocenters. The maximum absolute atomic E-state index is 13.5. The minimum atomic E-state index is -3.79. The third-order valence-electron chi connectivity index (χ3n) is 6.12. The summed E-state index contributed by atoms with van der Waals surface area (Å²) in [6.45, 7) is 2.60. The van der Waals surface area contributed by atoms with Gasteiger partial charge in [-0.05, 0) is 37.4 Å². The summed E-state index contributed by atoms with van der Waals surface area (Å²) in [5.41, 5.74) is 1.03. The van der Waals surface area contributed by atoms with Crippen LogP contribution in [0.25, 0.3) is 16.4 Å². The fraction of sp³-hybridized carbons (Fsp3) is 0.292. The average molecular weight is 605 g/mol. The number of carbonyl (C=O) groups is 2. The summed E-state index contributed by atoms with van der Waals surface area (Å²) in [5, 5.41) is 8.30. The van der Waals surface area contributed by atoms with Gasteiger partial charge in [-0.25, -0.2) is 18.2 Å². The number of amides is 1. The number of rotatable bonds is 7. The Balaban J connectivity index is 1.33. The number of hydrogen-bond donors (Lipinski definition) is 0. The van der Waals surface area contributed by atoms with Gasteiger partial charge < -0.3 is 9.64 Å². The molecule has 0 unspecified atom stereocenters. The van der Waals surface area contributed by atoms with Crippen LogP contribution in [-0.2, 0) is 14.8 Å². The number of piperazine rings is 1. The summed E-state index contributed by atoms with van der Waals surface area (Å²) in [4.78, 5) is 32.1. The lowest BCUT2D eigenvalue weighted by Crippen LogP contribution is -2.55. The number of aromatic nitrogens is 4. The van der Waals surface area contributed by atoms with Crippen LogP contribution in [-0.4, -0.2) is 88.5 Å². The zero-order chi connectivity index (χ0) is 27.7. The van der Waals surface area contributed by atoms with Crippen molar-refractivity contribution in [3.63, 3.8) is 0 Å². The van der Waals surface area contributed by atoms with Gasteiger partial charge in [-0.1, -0.05) is 46.5 Å². The van der Waals surface area contributed by atoms with E-state index >= 15 is 0 Å². The second-order valence-electron chi connectivity index (χ2n) is 8.58. The van der Waals surface area contributed by atoms with Crippen molar-refractivity contribution >= 4 is 56.3 Å². The number of hydrogen-bond acceptors (Lipinski definition) is 11. The molecule has 4 aromatic rings. The van der Waals surface area contributed by atoms with Crippen LogP contribution < -0.4 is 0 Å². The molecule has 204 valence electrons. The minimum absolute atomic E-state index is 0.110. The lowest BCUT2D eigenvalue weighted by Gasteiger charge is -2.38. The Hall–Kier alpha value is -3.11. The Morgan fingerprint density at radius 1 is 1.10 bits per heavy atom. The average Bonchev–Trinajstić information content (AvgIpc) is 3.71. The number of esters is 1. The Kier molecular flexibility index (Phi) is 7.87. The summed E-state index contributed by atoms with van der Waals surface area (Å²) in [6, 6.07) is 11.8. The topological polar surface area (TPSA) is 128 Å². The first-order valence-corrected chi connectivity index (χ1v) is 16.0. The van der Waals surface area contributed by atoms with Crippen LogP contribution in [0.5, 0.6) is 0 Å². The van der Waals surface area contributed by atoms with E-state index in [-0.39, 0.29) is 16.7 Å². The van der Waals surface area contributed by atoms with Gasteiger partial charge in [-0.15, -0.1) is 16.4 Å². The number of thiazole rings is 1. The molecule has 0 saturated carbocycles. The molecule has 11 nitrogen and oxygen atoms in total. The van der Waals surface area contributed by atoms with E-state index in [0.29, 0.717) is 44.3 Å². The molecule has 0 aliphatic carbocycles. The fourth-order valence-corrected chi connectivity index (χ4v) is 8.66. The van der Waals surface area contributed by atoms with Crippen LogP contribution in [0.3, 0.4) is 0 Å². The number of methoxy groups -OCH3 is 1. The van der Waals surface area contributed by atoms with E-state index < -0.39 is 22.0 Å². The molecule has 1 aliphatic heterocycles. The van der Waals surface area contributed by atoms with Crippen molar-refractivity contribution in [1.82, 2.24) is 29.2 Å². The second-order valence-corrected chi connectivity index (χ2v) is 13.8. The highest BCUT2D eigenvalue weighted by atomic mass is 32.2. The van der Waals surface area contributed by atoms with Gasteiger partial charge in [0.25, 0.3) is 15.9 Å². The first-order valence-electron chi connectivity index (χ1n) is 11.7. The monoisotopic (exact) mass is 604 g/mol. The van der Waals surface area contributed by atoms with Crippen LogP contribution in [0.15, 0.2) is 57.2 Å². The van der Waals surface area contributed by atoms with E-state index in [1.54, 1.807) is 54.4 Å². The first-order chi connectivity index (χ1) is 18.7. The molecule has 0 spiro atoms. The summed E-state index contributed by atoms with van der Waals surface area (Å²) >= 11 is 3.68. The minimum Gasteiger partial charge on any atom is -0.465 e. The van der Waals surface area contributed by atoms with Crippen molar-refractivity contribution < 1.29 is 22.7 Å². The largest absolute Gasteiger partial charge is 0.465 e. The van der Waals surface area contributed by atoms with Gasteiger partial charge in [0.15, 0.2) is 15.0 Å². The highest BCUT2D eigenvalue weighted by Gasteiger charge is 2.36. The molecule has 0 N–H and O–H groups in total. The molecule has 0 radical (unpaired) electrons. The summed E-state index contributed by atoms with van der Waals surface area (Å²) in [5.74, 6) is -0.332. The van der Waals surface area contributed by atoms with Crippen molar-refractivity contribution in [3.05, 3.63) is 59.1 Å². The quantitative estimate of drug-likeness (QED) is 0.230. The molecule has 4 heterocycles. The highest BCUT2D eigenvalue weighted by molar-refractivity contribution is 8.00. The van der Waals surface area contributed by atoms with Crippen LogP contribution in [0.4, 0.5) is 0 Å². The van der Waals surface area contributed by atoms with Gasteiger partial charge in [-0.3, -0.25) is 4.79 Å². The van der Waals surface area contributed by atoms with Gasteiger partial charge in [0.05, 0.1) is 18.2 Å². The van der Waals surface area contributed by atoms with Gasteiger partial charge in [0.1, 0.15) is 9.90 Å². The number of ether oxygens (including phenoxy) is 1. The van der Waals surface area contributed by atoms with Crippen molar-refractivity contribution in [3.8, 4) is 16.4 Å². The second kappa shape index (κ2) is 11.2. The van der Waals surface area contributed by atoms with Crippen LogP contribution in [0.2, 0.25) is 0 Å². The molecular formula is C24H24N6O5S4. The number of thioether (sulfide) groups is 1. The van der Waals surface area contributed by atoms with Crippen molar-refractivity contribution in [2.75, 3.05) is 33.0 Å². The summed E-state index contributed by atoms with van der Waals surface area (Å²) in [7, 11) is -2.50. The predicted octanol–water partition coefficient (Wildman–Crippen LogP) is 3.50. The van der Waals surface area contributed by atoms with Crippen LogP contribution >= 0.6 is 34.4 Å². The summed E-state index contributed by atoms with van der Waals surface area (Å²) in [6.07, 6.45) is 3.45. The van der Waals surface area contributed by atoms with E-state index in [2.05, 4.69) is 15.3 Å². The Morgan fingerprint density at radius 3 is 2.56 bits per heavy atom. The van der Waals surface area contributed by atoms with Gasteiger partial charge in [0.2, 0.25) is 0 Å². The molecule has 1 aromatic carbocycles. The Bertz CT molecular complexity index is 1610. The first kappa shape index (κ1) is 27.5. The molecule has 39 heavy (non-hydrogen) atoms. The van der Waals surface area contributed by atoms with E-state index in [9.17, 15) is 18.0 Å². The van der Waals surface area contributed by atoms with Crippen LogP contribution in [0.1, 0.15) is 27.0 Å². The molecule has 1 aliphatic rings. The van der Waals surface area contributed by atoms with Crippen molar-refractivity contribution in [2.45, 2.75) is 21.5 Å². The van der Waals surface area contributed by atoms with Gasteiger partial charge in [0, 0.05) is 31.2 Å². The van der Waals surface area contributed by atoms with E-state index in [1.165, 1.54) is 39.2 Å². The maximum atomic E-state index is 13.5. The fourth-order valence-electron chi connectivity index (χ4n) is 4.20. The number of thiophene rings is 1. The molecular weight excluding hydrogens is 581 g/mol. The van der Waals surface area contributed by atoms with Crippen molar-refractivity contribution in [2.24, 2.45) is 0 Å². The normalized spacial score (nSPS) is 16.4. The molecule has 1 saturated heterocycles. The molecule has 3 aromatic heterocycles. The number of benzene rings is 1. The Labute approximate surface area is 237 Å². The molecule has 5 rings (SSSR count). The number of nitrogens with zero attached hydrogens (tertiary/aromatic N) is 6. The SMILES string of the molecule is COC(=O)c1sc(SC)nc1-n1cc(-c2ccc(S(=O)(=O)N3CCN(C(=O)c4ccccc4)C[C@H]3C)s2)nn1. The van der Waals surface area contributed by atoms with Crippen LogP contribution in [0, 0.1) is 0 Å². The third kappa shape index (κ3) is 5.36. The molecule has 0 bridgehead atoms. The van der Waals surface area contributed by atoms with E-state index in [0.717, 1.165) is 11.3 Å². The number of sulfonamides is 1. The van der Waals surface area contributed by atoms with Gasteiger partial charge >= 0.3 is 5.97 Å². The number of carbonyl (C=O) groups excluding carboxylic acids is 2. The zero-order valence-corrected chi connectivity index (χ0v) is 24.4. The predicted molar refractivity (Wildman–Crippen MR) is 149 cm³/mol. The molecule has 15 heteroatoms. The highest BCUT2D eigenvalue weighted by Crippen LogP contribution is 2.34. The maximum Gasteiger partial charge on any atom is 0.352 e. The smallest absolute Gasteiger partial charge is 0.352 e. The third-order valence-corrected chi connectivity index (χ3v) is 11.7. The Morgan fingerprint density at radius 2 is 1.87 bits per heavy atom. The van der Waals surface area contributed by atoms with Gasteiger partial charge in [-0.2, -0.15) is 8.99 Å². The molecule has 1 amide bonds. The standard InChI is InChI=1S/C24H24N6O5S4/c1-15-13-28(22(31)16-7-5-4-6-8-16)11-12-30(15)39(33,34)19-10-9-18(37-19)17-14-29(27-26-17)21-20(23(32)35-2)38-24(25-21)36-3/h4-10,14-15H,11-13H2,1-3H3/t15-/m1/s1. The summed E-state index contributed by atoms with van der Waals surface area (Å²) < 4.78 is 35.6. The van der Waals surface area contributed by atoms with E-state index in [1.807, 2.05) is 12.3 Å². The van der Waals surface area contributed by atoms with Crippen molar-refractivity contribution in [1.29, 1.82) is 0 Å². The zero-order valence-electron chi connectivity index (χ0n) is 21.2. The van der Waals surface area contributed by atoms with E-state index in [4.69, 9.17) is 4.74 Å². The molecule has 1 fully saturated rings.